The van der Waals surface area contributed by atoms with Gasteiger partial charge in [0.05, 0.1) is 12.5 Å². The highest BCUT2D eigenvalue weighted by molar-refractivity contribution is 6.31. The van der Waals surface area contributed by atoms with Gasteiger partial charge in [-0.3, -0.25) is 4.79 Å². The third-order valence-corrected chi connectivity index (χ3v) is 5.05. The number of hydrogen-bond donors (Lipinski definition) is 2. The maximum atomic E-state index is 13.0. The van der Waals surface area contributed by atoms with E-state index >= 15 is 0 Å². The number of nitrogens with one attached hydrogen (secondary N) is 2. The number of fused-ring (bicyclic) bond motifs is 1. The zero-order valence-corrected chi connectivity index (χ0v) is 14.5. The van der Waals surface area contributed by atoms with Gasteiger partial charge in [-0.15, -0.1) is 0 Å². The molecule has 0 radical (unpaired) electrons. The van der Waals surface area contributed by atoms with Gasteiger partial charge >= 0.3 is 0 Å². The number of aromatic amines is 1. The fourth-order valence-electron chi connectivity index (χ4n) is 3.45. The summed E-state index contributed by atoms with van der Waals surface area (Å²) in [5, 5.41) is 5.06. The van der Waals surface area contributed by atoms with E-state index in [-0.39, 0.29) is 11.9 Å². The molecule has 128 valence electrons. The van der Waals surface area contributed by atoms with Gasteiger partial charge < -0.3 is 15.2 Å². The minimum absolute atomic E-state index is 0.0433. The Morgan fingerprint density at radius 1 is 1.28 bits per heavy atom. The summed E-state index contributed by atoms with van der Waals surface area (Å²) in [7, 11) is 0. The zero-order chi connectivity index (χ0) is 17.2. The second-order valence-electron chi connectivity index (χ2n) is 6.22. The van der Waals surface area contributed by atoms with Crippen LogP contribution >= 0.6 is 11.6 Å². The molecule has 1 fully saturated rings. The van der Waals surface area contributed by atoms with Crippen LogP contribution in [-0.4, -0.2) is 40.4 Å². The summed E-state index contributed by atoms with van der Waals surface area (Å²) < 4.78 is 0. The first-order valence-corrected chi connectivity index (χ1v) is 8.77. The molecule has 0 aliphatic carbocycles. The molecule has 2 N–H and O–H groups in total. The Kier molecular flexibility index (Phi) is 4.42. The van der Waals surface area contributed by atoms with E-state index in [1.165, 1.54) is 0 Å². The minimum Gasteiger partial charge on any atom is -0.346 e. The monoisotopic (exact) mass is 354 g/mol. The van der Waals surface area contributed by atoms with Crippen LogP contribution in [0.5, 0.6) is 0 Å². The van der Waals surface area contributed by atoms with Crippen LogP contribution in [0, 0.1) is 0 Å². The smallest absolute Gasteiger partial charge is 0.227 e. The van der Waals surface area contributed by atoms with E-state index in [0.29, 0.717) is 24.5 Å². The molecular weight excluding hydrogens is 336 g/mol. The summed E-state index contributed by atoms with van der Waals surface area (Å²) in [4.78, 5) is 22.4. The molecule has 4 rings (SSSR count). The average molecular weight is 355 g/mol. The number of carbonyl (C=O) groups is 1. The molecule has 3 heterocycles. The first kappa shape index (κ1) is 16.1. The quantitative estimate of drug-likeness (QED) is 0.760. The second-order valence-corrected chi connectivity index (χ2v) is 6.63. The van der Waals surface area contributed by atoms with Crippen molar-refractivity contribution >= 4 is 28.5 Å². The summed E-state index contributed by atoms with van der Waals surface area (Å²) in [6, 6.07) is 11.6. The largest absolute Gasteiger partial charge is 0.346 e. The lowest BCUT2D eigenvalue weighted by atomic mass is 10.0. The number of carbonyl (C=O) groups excluding carboxylic acids is 1. The van der Waals surface area contributed by atoms with Crippen molar-refractivity contribution < 1.29 is 4.79 Å². The summed E-state index contributed by atoms with van der Waals surface area (Å²) in [6.07, 6.45) is 3.98. The molecule has 0 spiro atoms. The highest BCUT2D eigenvalue weighted by Gasteiger charge is 2.29. The van der Waals surface area contributed by atoms with E-state index in [4.69, 9.17) is 11.6 Å². The number of piperazine rings is 1. The summed E-state index contributed by atoms with van der Waals surface area (Å²) in [5.74, 6) is 0.108. The molecule has 1 aliphatic heterocycles. The Hall–Kier alpha value is -2.37. The number of nitrogens with zero attached hydrogens (tertiary/aromatic N) is 2. The number of halogens is 1. The molecular formula is C19H19ClN4O. The number of benzene rings is 1. The van der Waals surface area contributed by atoms with Crippen molar-refractivity contribution in [2.24, 2.45) is 0 Å². The third-order valence-electron chi connectivity index (χ3n) is 4.71. The second kappa shape index (κ2) is 6.86. The van der Waals surface area contributed by atoms with Crippen LogP contribution in [0.2, 0.25) is 5.02 Å². The van der Waals surface area contributed by atoms with Crippen LogP contribution in [0.15, 0.2) is 48.8 Å². The Morgan fingerprint density at radius 2 is 2.16 bits per heavy atom. The third kappa shape index (κ3) is 3.13. The Labute approximate surface area is 151 Å². The van der Waals surface area contributed by atoms with Crippen LogP contribution in [0.25, 0.3) is 11.0 Å². The normalized spacial score (nSPS) is 17.8. The molecule has 6 heteroatoms. The van der Waals surface area contributed by atoms with Crippen LogP contribution < -0.4 is 5.32 Å². The molecule has 25 heavy (non-hydrogen) atoms. The van der Waals surface area contributed by atoms with Crippen molar-refractivity contribution in [3.63, 3.8) is 0 Å². The number of rotatable bonds is 3. The van der Waals surface area contributed by atoms with Crippen molar-refractivity contribution in [3.05, 3.63) is 64.9 Å². The maximum Gasteiger partial charge on any atom is 0.227 e. The number of amides is 1. The van der Waals surface area contributed by atoms with Gasteiger partial charge in [0, 0.05) is 42.4 Å². The minimum atomic E-state index is -0.0433. The van der Waals surface area contributed by atoms with Crippen molar-refractivity contribution in [3.8, 4) is 0 Å². The molecule has 0 saturated carbocycles. The van der Waals surface area contributed by atoms with E-state index in [9.17, 15) is 4.79 Å². The Morgan fingerprint density at radius 3 is 3.04 bits per heavy atom. The van der Waals surface area contributed by atoms with Crippen LogP contribution in [-0.2, 0) is 11.2 Å². The van der Waals surface area contributed by atoms with E-state index in [0.717, 1.165) is 28.7 Å². The lowest BCUT2D eigenvalue weighted by molar-refractivity contribution is -0.133. The Balaban J connectivity index is 1.60. The molecule has 1 amide bonds. The molecule has 1 saturated heterocycles. The molecule has 0 bridgehead atoms. The fraction of sp³-hybridized carbons (Fsp3) is 0.263. The lowest BCUT2D eigenvalue weighted by Gasteiger charge is -2.37. The molecule has 1 aromatic carbocycles. The summed E-state index contributed by atoms with van der Waals surface area (Å²) >= 11 is 6.37. The van der Waals surface area contributed by atoms with Crippen LogP contribution in [0.4, 0.5) is 0 Å². The van der Waals surface area contributed by atoms with Crippen LogP contribution in [0.3, 0.4) is 0 Å². The van der Waals surface area contributed by atoms with Gasteiger partial charge in [-0.2, -0.15) is 0 Å². The molecule has 1 atom stereocenters. The van der Waals surface area contributed by atoms with E-state index < -0.39 is 0 Å². The topological polar surface area (TPSA) is 61.0 Å². The standard InChI is InChI=1S/C19H19ClN4O/c20-16-6-2-1-4-15(16)17-12-21-8-9-24(17)18(25)10-13-11-23-19-14(13)5-3-7-22-19/h1-7,11,17,21H,8-10,12H2,(H,22,23). The predicted molar refractivity (Wildman–Crippen MR) is 98.6 cm³/mol. The molecule has 1 unspecified atom stereocenters. The number of H-pyrrole nitrogens is 1. The summed E-state index contributed by atoms with van der Waals surface area (Å²) in [5.41, 5.74) is 2.78. The van der Waals surface area contributed by atoms with Crippen molar-refractivity contribution in [1.29, 1.82) is 0 Å². The first-order valence-electron chi connectivity index (χ1n) is 8.39. The highest BCUT2D eigenvalue weighted by atomic mass is 35.5. The van der Waals surface area contributed by atoms with Gasteiger partial charge in [-0.1, -0.05) is 29.8 Å². The maximum absolute atomic E-state index is 13.0. The van der Waals surface area contributed by atoms with Crippen LogP contribution in [0.1, 0.15) is 17.2 Å². The van der Waals surface area contributed by atoms with Gasteiger partial charge in [-0.05, 0) is 29.3 Å². The van der Waals surface area contributed by atoms with Gasteiger partial charge in [-0.25, -0.2) is 4.98 Å². The number of hydrogen-bond acceptors (Lipinski definition) is 3. The first-order chi connectivity index (χ1) is 12.2. The van der Waals surface area contributed by atoms with Gasteiger partial charge in [0.1, 0.15) is 5.65 Å². The SMILES string of the molecule is O=C(Cc1c[nH]c2ncccc12)N1CCNCC1c1ccccc1Cl. The summed E-state index contributed by atoms with van der Waals surface area (Å²) in [6.45, 7) is 2.18. The molecule has 3 aromatic rings. The van der Waals surface area contributed by atoms with Crippen molar-refractivity contribution in [2.75, 3.05) is 19.6 Å². The average Bonchev–Trinajstić information content (AvgIpc) is 3.05. The predicted octanol–water partition coefficient (Wildman–Crippen LogP) is 2.93. The molecule has 1 aliphatic rings. The highest BCUT2D eigenvalue weighted by Crippen LogP contribution is 2.29. The van der Waals surface area contributed by atoms with Crippen molar-refractivity contribution in [2.45, 2.75) is 12.5 Å². The fourth-order valence-corrected chi connectivity index (χ4v) is 3.71. The van der Waals surface area contributed by atoms with E-state index in [1.54, 1.807) is 6.20 Å². The lowest BCUT2D eigenvalue weighted by Crippen LogP contribution is -2.49. The zero-order valence-electron chi connectivity index (χ0n) is 13.7. The molecule has 2 aromatic heterocycles. The van der Waals surface area contributed by atoms with E-state index in [2.05, 4.69) is 15.3 Å². The van der Waals surface area contributed by atoms with Gasteiger partial charge in [0.15, 0.2) is 0 Å². The van der Waals surface area contributed by atoms with Gasteiger partial charge in [0.25, 0.3) is 0 Å². The Bertz CT molecular complexity index is 907. The van der Waals surface area contributed by atoms with E-state index in [1.807, 2.05) is 47.5 Å². The van der Waals surface area contributed by atoms with Crippen molar-refractivity contribution in [1.82, 2.24) is 20.2 Å². The molecule has 5 nitrogen and oxygen atoms in total. The number of pyridine rings is 1. The number of aromatic nitrogens is 2. The van der Waals surface area contributed by atoms with Gasteiger partial charge in [0.2, 0.25) is 5.91 Å².